The lowest BCUT2D eigenvalue weighted by molar-refractivity contribution is -0.120. The number of halogens is 1. The summed E-state index contributed by atoms with van der Waals surface area (Å²) in [4.78, 5) is 11.4. The molecule has 0 fully saturated rings. The minimum Gasteiger partial charge on any atom is -0.321 e. The molecular formula is C14H19ClN2OS. The lowest BCUT2D eigenvalue weighted by atomic mass is 10.1. The number of rotatable bonds is 7. The summed E-state index contributed by atoms with van der Waals surface area (Å²) >= 11 is 10.1. The number of allylic oxidation sites excluding steroid dienone is 1. The van der Waals surface area contributed by atoms with Crippen LogP contribution in [0.4, 0.5) is 0 Å². The van der Waals surface area contributed by atoms with Gasteiger partial charge in [-0.05, 0) is 31.5 Å². The average molecular weight is 299 g/mol. The van der Waals surface area contributed by atoms with E-state index in [1.165, 1.54) is 0 Å². The molecule has 0 saturated heterocycles. The Bertz CT molecular complexity index is 449. The van der Waals surface area contributed by atoms with Crippen molar-refractivity contribution in [3.63, 3.8) is 0 Å². The summed E-state index contributed by atoms with van der Waals surface area (Å²) in [5, 5.41) is 7.26. The van der Waals surface area contributed by atoms with Crippen LogP contribution >= 0.6 is 24.2 Å². The Morgan fingerprint density at radius 1 is 1.37 bits per heavy atom. The maximum Gasteiger partial charge on any atom is 0.226 e. The van der Waals surface area contributed by atoms with Crippen LogP contribution in [0.5, 0.6) is 0 Å². The largest absolute Gasteiger partial charge is 0.321 e. The van der Waals surface area contributed by atoms with Crippen molar-refractivity contribution in [3.05, 3.63) is 46.0 Å². The molecule has 2 N–H and O–H groups in total. The van der Waals surface area contributed by atoms with Crippen LogP contribution in [-0.4, -0.2) is 19.0 Å². The Balaban J connectivity index is 2.15. The van der Waals surface area contributed by atoms with Gasteiger partial charge in [0.2, 0.25) is 5.91 Å². The number of amides is 1. The van der Waals surface area contributed by atoms with E-state index < -0.39 is 0 Å². The van der Waals surface area contributed by atoms with Gasteiger partial charge >= 0.3 is 0 Å². The van der Waals surface area contributed by atoms with E-state index in [0.29, 0.717) is 18.0 Å². The molecule has 0 aromatic heterocycles. The first-order valence-corrected chi connectivity index (χ1v) is 7.05. The summed E-state index contributed by atoms with van der Waals surface area (Å²) in [5.41, 5.74) is 1.12. The first-order valence-electron chi connectivity index (χ1n) is 6.22. The van der Waals surface area contributed by atoms with Gasteiger partial charge in [-0.2, -0.15) is 0 Å². The summed E-state index contributed by atoms with van der Waals surface area (Å²) < 4.78 is 0. The SMILES string of the molecule is C/C=C(/S)NC(=O)CCNCCc1ccccc1Cl. The standard InChI is InChI=1S/C14H19ClN2OS/c1-2-14(19)17-13(18)8-10-16-9-7-11-5-3-4-6-12(11)15/h2-6,16,19H,7-10H2,1H3,(H,17,18)/b14-2+. The Kier molecular flexibility index (Phi) is 7.63. The van der Waals surface area contributed by atoms with Crippen LogP contribution in [-0.2, 0) is 11.2 Å². The maximum absolute atomic E-state index is 11.4. The Morgan fingerprint density at radius 3 is 2.79 bits per heavy atom. The topological polar surface area (TPSA) is 41.1 Å². The van der Waals surface area contributed by atoms with Crippen molar-refractivity contribution in [1.82, 2.24) is 10.6 Å². The molecule has 0 atom stereocenters. The van der Waals surface area contributed by atoms with Gasteiger partial charge in [0.1, 0.15) is 0 Å². The summed E-state index contributed by atoms with van der Waals surface area (Å²) in [6.45, 7) is 3.26. The van der Waals surface area contributed by atoms with E-state index in [1.54, 1.807) is 6.08 Å². The van der Waals surface area contributed by atoms with Gasteiger partial charge < -0.3 is 10.6 Å². The highest BCUT2D eigenvalue weighted by molar-refractivity contribution is 7.84. The maximum atomic E-state index is 11.4. The highest BCUT2D eigenvalue weighted by Crippen LogP contribution is 2.14. The monoisotopic (exact) mass is 298 g/mol. The first-order chi connectivity index (χ1) is 9.13. The molecule has 1 aromatic rings. The van der Waals surface area contributed by atoms with Crippen LogP contribution in [0, 0.1) is 0 Å². The van der Waals surface area contributed by atoms with Crippen molar-refractivity contribution < 1.29 is 4.79 Å². The van der Waals surface area contributed by atoms with Crippen LogP contribution in [0.25, 0.3) is 0 Å². The van der Waals surface area contributed by atoms with E-state index in [0.717, 1.165) is 23.6 Å². The number of nitrogens with one attached hydrogen (secondary N) is 2. The molecule has 0 spiro atoms. The highest BCUT2D eigenvalue weighted by Gasteiger charge is 2.02. The zero-order valence-electron chi connectivity index (χ0n) is 10.9. The van der Waals surface area contributed by atoms with Gasteiger partial charge in [0.05, 0.1) is 5.03 Å². The fourth-order valence-corrected chi connectivity index (χ4v) is 1.88. The second-order valence-corrected chi connectivity index (χ2v) is 4.95. The molecule has 3 nitrogen and oxygen atoms in total. The van der Waals surface area contributed by atoms with Crippen LogP contribution in [0.3, 0.4) is 0 Å². The highest BCUT2D eigenvalue weighted by atomic mass is 35.5. The molecule has 0 aliphatic rings. The molecule has 0 radical (unpaired) electrons. The van der Waals surface area contributed by atoms with Crippen molar-refractivity contribution in [2.45, 2.75) is 19.8 Å². The quantitative estimate of drug-likeness (QED) is 0.535. The zero-order chi connectivity index (χ0) is 14.1. The smallest absolute Gasteiger partial charge is 0.226 e. The second kappa shape index (κ2) is 9.02. The zero-order valence-corrected chi connectivity index (χ0v) is 12.6. The molecule has 0 aliphatic carbocycles. The average Bonchev–Trinajstić information content (AvgIpc) is 2.40. The number of thiol groups is 1. The van der Waals surface area contributed by atoms with Crippen LogP contribution in [0.1, 0.15) is 18.9 Å². The summed E-state index contributed by atoms with van der Waals surface area (Å²) in [5.74, 6) is -0.0339. The molecule has 5 heteroatoms. The molecule has 0 bridgehead atoms. The lowest BCUT2D eigenvalue weighted by Crippen LogP contribution is -2.27. The van der Waals surface area contributed by atoms with Gasteiger partial charge in [0, 0.05) is 18.0 Å². The summed E-state index contributed by atoms with van der Waals surface area (Å²) in [7, 11) is 0. The third-order valence-electron chi connectivity index (χ3n) is 2.60. The van der Waals surface area contributed by atoms with Crippen LogP contribution in [0.2, 0.25) is 5.02 Å². The van der Waals surface area contributed by atoms with Gasteiger partial charge in [-0.25, -0.2) is 0 Å². The fraction of sp³-hybridized carbons (Fsp3) is 0.357. The van der Waals surface area contributed by atoms with Crippen LogP contribution < -0.4 is 10.6 Å². The summed E-state index contributed by atoms with van der Waals surface area (Å²) in [6.07, 6.45) is 3.03. The van der Waals surface area contributed by atoms with Crippen LogP contribution in [0.15, 0.2) is 35.4 Å². The van der Waals surface area contributed by atoms with E-state index in [4.69, 9.17) is 11.6 Å². The van der Waals surface area contributed by atoms with E-state index in [1.807, 2.05) is 31.2 Å². The Labute approximate surface area is 124 Å². The molecule has 0 heterocycles. The first kappa shape index (κ1) is 16.1. The number of carbonyl (C=O) groups excluding carboxylic acids is 1. The lowest BCUT2D eigenvalue weighted by Gasteiger charge is -2.07. The molecule has 0 saturated carbocycles. The van der Waals surface area contributed by atoms with E-state index in [9.17, 15) is 4.79 Å². The Hall–Kier alpha value is -0.970. The van der Waals surface area contributed by atoms with Crippen molar-refractivity contribution in [3.8, 4) is 0 Å². The molecule has 1 rings (SSSR count). The fourth-order valence-electron chi connectivity index (χ4n) is 1.53. The summed E-state index contributed by atoms with van der Waals surface area (Å²) in [6, 6.07) is 7.78. The second-order valence-electron chi connectivity index (χ2n) is 4.06. The molecule has 0 unspecified atom stereocenters. The van der Waals surface area contributed by atoms with Gasteiger partial charge in [-0.3, -0.25) is 4.79 Å². The number of hydrogen-bond acceptors (Lipinski definition) is 3. The third-order valence-corrected chi connectivity index (χ3v) is 3.34. The van der Waals surface area contributed by atoms with Crippen molar-refractivity contribution in [2.75, 3.05) is 13.1 Å². The number of carbonyl (C=O) groups is 1. The predicted octanol–water partition coefficient (Wildman–Crippen LogP) is 2.77. The molecule has 104 valence electrons. The normalized spacial score (nSPS) is 11.4. The molecular weight excluding hydrogens is 280 g/mol. The molecule has 0 aliphatic heterocycles. The van der Waals surface area contributed by atoms with Gasteiger partial charge in [0.15, 0.2) is 0 Å². The molecule has 1 amide bonds. The number of benzene rings is 1. The molecule has 19 heavy (non-hydrogen) atoms. The third kappa shape index (κ3) is 6.66. The molecule has 1 aromatic carbocycles. The minimum atomic E-state index is -0.0339. The number of hydrogen-bond donors (Lipinski definition) is 3. The van der Waals surface area contributed by atoms with Gasteiger partial charge in [-0.15, -0.1) is 12.6 Å². The Morgan fingerprint density at radius 2 is 2.11 bits per heavy atom. The van der Waals surface area contributed by atoms with Crippen molar-refractivity contribution >= 4 is 30.1 Å². The van der Waals surface area contributed by atoms with Crippen molar-refractivity contribution in [2.24, 2.45) is 0 Å². The van der Waals surface area contributed by atoms with Gasteiger partial charge in [-0.1, -0.05) is 35.9 Å². The predicted molar refractivity (Wildman–Crippen MR) is 83.5 cm³/mol. The van der Waals surface area contributed by atoms with Gasteiger partial charge in [0.25, 0.3) is 0 Å². The van der Waals surface area contributed by atoms with E-state index in [2.05, 4.69) is 23.3 Å². The van der Waals surface area contributed by atoms with Crippen molar-refractivity contribution in [1.29, 1.82) is 0 Å². The minimum absolute atomic E-state index is 0.0339. The van der Waals surface area contributed by atoms with E-state index in [-0.39, 0.29) is 5.91 Å². The van der Waals surface area contributed by atoms with E-state index >= 15 is 0 Å².